The topological polar surface area (TPSA) is 38.9 Å². The van der Waals surface area contributed by atoms with Crippen molar-refractivity contribution < 1.29 is 41.5 Å². The van der Waals surface area contributed by atoms with Gasteiger partial charge < -0.3 is 9.40 Å². The van der Waals surface area contributed by atoms with E-state index in [0.717, 1.165) is 9.96 Å². The molecule has 44 heavy (non-hydrogen) atoms. The summed E-state index contributed by atoms with van der Waals surface area (Å²) in [6.45, 7) is 1.94. The standard InChI is InChI=1S/C21H16F2NO.C16H20GeN.Ir/c1-21(2,3)12-8-9-24-17(10-12)14-6-7-16(23)19-15-5-4-13(22)11-18(15)25-20(14)19;1-12-6-8-14(9-7-12)16-10-13(2)15(11-18-16)17(3,4)5;/h4-5,7-11H,1-3H3;6-8,10-11H,1-5H3;/q2*-1;/i;1D3,2D3;. The summed E-state index contributed by atoms with van der Waals surface area (Å²) >= 11 is -2.38. The molecule has 3 aromatic heterocycles. The quantitative estimate of drug-likeness (QED) is 0.132. The molecule has 3 nitrogen and oxygen atoms in total. The molecular weight excluding hydrogens is 791 g/mol. The van der Waals surface area contributed by atoms with Crippen molar-refractivity contribution in [2.24, 2.45) is 0 Å². The summed E-state index contributed by atoms with van der Waals surface area (Å²) in [5, 5.41) is 0.864. The number of hydrogen-bond acceptors (Lipinski definition) is 3. The maximum atomic E-state index is 14.4. The van der Waals surface area contributed by atoms with E-state index in [1.807, 2.05) is 12.1 Å². The summed E-state index contributed by atoms with van der Waals surface area (Å²) in [5.74, 6) is 5.51. The van der Waals surface area contributed by atoms with Crippen LogP contribution in [0, 0.1) is 37.5 Å². The van der Waals surface area contributed by atoms with Crippen LogP contribution in [0.25, 0.3) is 44.5 Å². The van der Waals surface area contributed by atoms with Crippen LogP contribution in [0.3, 0.4) is 0 Å². The summed E-state index contributed by atoms with van der Waals surface area (Å²) in [4.78, 5) is 8.81. The molecule has 3 heterocycles. The molecule has 0 atom stereocenters. The van der Waals surface area contributed by atoms with E-state index in [-0.39, 0.29) is 31.1 Å². The van der Waals surface area contributed by atoms with Crippen LogP contribution >= 0.6 is 0 Å². The maximum Gasteiger partial charge on any atom is 0 e. The van der Waals surface area contributed by atoms with Crippen molar-refractivity contribution in [1.82, 2.24) is 9.97 Å². The minimum atomic E-state index is -2.38. The van der Waals surface area contributed by atoms with Gasteiger partial charge >= 0.3 is 121 Å². The fourth-order valence-corrected chi connectivity index (χ4v) is 7.56. The number of halogens is 2. The summed E-state index contributed by atoms with van der Waals surface area (Å²) in [6.07, 6.45) is 3.39. The second-order valence-corrected chi connectivity index (χ2v) is 23.1. The molecule has 0 bridgehead atoms. The van der Waals surface area contributed by atoms with Gasteiger partial charge in [-0.2, -0.15) is 0 Å². The molecule has 6 aromatic rings. The van der Waals surface area contributed by atoms with Crippen molar-refractivity contribution in [3.63, 3.8) is 0 Å². The van der Waals surface area contributed by atoms with Gasteiger partial charge in [0.05, 0.1) is 5.58 Å². The van der Waals surface area contributed by atoms with Gasteiger partial charge in [0.2, 0.25) is 0 Å². The predicted molar refractivity (Wildman–Crippen MR) is 175 cm³/mol. The van der Waals surface area contributed by atoms with Crippen molar-refractivity contribution in [2.75, 3.05) is 0 Å². The molecule has 3 aromatic carbocycles. The maximum absolute atomic E-state index is 14.4. The molecule has 0 spiro atoms. The van der Waals surface area contributed by atoms with Crippen molar-refractivity contribution >= 4 is 39.6 Å². The Balaban J connectivity index is 0.000000221. The predicted octanol–water partition coefficient (Wildman–Crippen LogP) is 9.73. The number of fused-ring (bicyclic) bond motifs is 3. The summed E-state index contributed by atoms with van der Waals surface area (Å²) < 4.78 is 80.2. The van der Waals surface area contributed by atoms with Gasteiger partial charge in [0.15, 0.2) is 0 Å². The van der Waals surface area contributed by atoms with E-state index < -0.39 is 38.6 Å². The van der Waals surface area contributed by atoms with Gasteiger partial charge in [-0.1, -0.05) is 32.4 Å². The van der Waals surface area contributed by atoms with Crippen molar-refractivity contribution in [3.8, 4) is 22.5 Å². The molecule has 229 valence electrons. The van der Waals surface area contributed by atoms with Gasteiger partial charge in [-0.15, -0.1) is 12.1 Å². The average molecular weight is 834 g/mol. The number of rotatable bonds is 3. The molecular formula is C37H36F2GeIrN2O-2. The second-order valence-electron chi connectivity index (χ2n) is 12.5. The third kappa shape index (κ3) is 7.20. The molecule has 0 N–H and O–H groups in total. The third-order valence-electron chi connectivity index (χ3n) is 7.14. The van der Waals surface area contributed by atoms with Gasteiger partial charge in [0.25, 0.3) is 0 Å². The van der Waals surface area contributed by atoms with Gasteiger partial charge in [-0.05, 0) is 40.3 Å². The fourth-order valence-electron chi connectivity index (χ4n) is 4.77. The third-order valence-corrected chi connectivity index (χ3v) is 11.4. The largest absolute Gasteiger partial charge is 0 e. The number of pyridine rings is 2. The minimum Gasteiger partial charge on any atom is 0 e. The van der Waals surface area contributed by atoms with Crippen molar-refractivity contribution in [1.29, 1.82) is 0 Å². The van der Waals surface area contributed by atoms with E-state index in [4.69, 9.17) is 12.6 Å². The number of nitrogens with zero attached hydrogens (tertiary/aromatic N) is 2. The smallest absolute Gasteiger partial charge is 0 e. The number of hydrogen-bond donors (Lipinski definition) is 0. The zero-order valence-corrected chi connectivity index (χ0v) is 29.8. The van der Waals surface area contributed by atoms with Gasteiger partial charge in [0, 0.05) is 43.6 Å². The van der Waals surface area contributed by atoms with Crippen LogP contribution in [0.5, 0.6) is 0 Å². The first-order valence-electron chi connectivity index (χ1n) is 16.9. The summed E-state index contributed by atoms with van der Waals surface area (Å²) in [7, 11) is 0. The van der Waals surface area contributed by atoms with Crippen LogP contribution in [-0.2, 0) is 25.5 Å². The molecule has 0 saturated heterocycles. The first-order chi connectivity index (χ1) is 22.6. The summed E-state index contributed by atoms with van der Waals surface area (Å²) in [6, 6.07) is 21.2. The number of benzene rings is 3. The zero-order valence-electron chi connectivity index (χ0n) is 31.3. The minimum absolute atomic E-state index is 0. The van der Waals surface area contributed by atoms with E-state index in [0.29, 0.717) is 50.0 Å². The van der Waals surface area contributed by atoms with Crippen LogP contribution in [0.1, 0.15) is 45.7 Å². The van der Waals surface area contributed by atoms with E-state index in [2.05, 4.69) is 60.1 Å². The average Bonchev–Trinajstić information content (AvgIpc) is 3.39. The molecule has 0 fully saturated rings. The first-order valence-corrected chi connectivity index (χ1v) is 21.2. The molecule has 7 heteroatoms. The Morgan fingerprint density at radius 1 is 0.886 bits per heavy atom. The Morgan fingerprint density at radius 3 is 2.34 bits per heavy atom. The number of furan rings is 1. The Bertz CT molecular complexity index is 2150. The molecule has 0 unspecified atom stereocenters. The number of aryl methyl sites for hydroxylation is 2. The molecule has 0 saturated carbocycles. The fraction of sp³-hybridized carbons (Fsp3) is 0.243. The normalized spacial score (nSPS) is 14.3. The molecule has 1 radical (unpaired) electrons. The molecule has 0 aliphatic carbocycles. The summed E-state index contributed by atoms with van der Waals surface area (Å²) in [5.41, 5.74) is 4.53. The first kappa shape index (κ1) is 26.1. The van der Waals surface area contributed by atoms with E-state index in [1.54, 1.807) is 24.5 Å². The zero-order chi connectivity index (χ0) is 36.1. The molecule has 0 aliphatic heterocycles. The Kier molecular flexibility index (Phi) is 7.73. The molecule has 0 aliphatic rings. The van der Waals surface area contributed by atoms with E-state index in [1.165, 1.54) is 36.4 Å². The van der Waals surface area contributed by atoms with Crippen molar-refractivity contribution in [2.45, 2.75) is 57.2 Å². The van der Waals surface area contributed by atoms with Crippen LogP contribution in [0.2, 0.25) is 17.3 Å². The van der Waals surface area contributed by atoms with Crippen LogP contribution < -0.4 is 4.40 Å². The second kappa shape index (κ2) is 13.0. The van der Waals surface area contributed by atoms with E-state index in [9.17, 15) is 8.78 Å². The van der Waals surface area contributed by atoms with Crippen LogP contribution in [-0.4, -0.2) is 23.2 Å². The number of aromatic nitrogens is 2. The monoisotopic (exact) mass is 835 g/mol. The van der Waals surface area contributed by atoms with Crippen LogP contribution in [0.4, 0.5) is 8.78 Å². The van der Waals surface area contributed by atoms with Gasteiger partial charge in [0.1, 0.15) is 11.4 Å². The Hall–Kier alpha value is -3.19. The Morgan fingerprint density at radius 2 is 1.68 bits per heavy atom. The SMILES string of the molecule is CC(C)(C)c1ccnc(-c2[c-]cc(F)c3c2oc2cc(F)ccc23)c1.[2H]C([2H])([2H])c1c[c-]c(-c2cc(C([2H])([2H])[2H])[c]([Ge]([CH3])([CH3])[CH3])cn2)cc1.[Ir]. The Labute approximate surface area is 283 Å². The van der Waals surface area contributed by atoms with Crippen LogP contribution in [0.15, 0.2) is 77.5 Å². The van der Waals surface area contributed by atoms with Gasteiger partial charge in [-0.25, -0.2) is 4.39 Å². The van der Waals surface area contributed by atoms with Crippen molar-refractivity contribution in [3.05, 3.63) is 114 Å². The van der Waals surface area contributed by atoms with Gasteiger partial charge in [-0.3, -0.25) is 4.39 Å². The molecule has 6 rings (SSSR count). The molecule has 0 amide bonds. The van der Waals surface area contributed by atoms with E-state index >= 15 is 0 Å².